The van der Waals surface area contributed by atoms with Crippen molar-refractivity contribution in [3.8, 4) is 0 Å². The Hall–Kier alpha value is -3.49. The Morgan fingerprint density at radius 2 is 0.930 bits per heavy atom. The highest BCUT2D eigenvalue weighted by Gasteiger charge is 2.25. The predicted octanol–water partition coefficient (Wildman–Crippen LogP) is 12.5. The van der Waals surface area contributed by atoms with Crippen molar-refractivity contribution in [2.45, 2.75) is 226 Å². The van der Waals surface area contributed by atoms with Crippen molar-refractivity contribution in [2.75, 3.05) is 72.6 Å². The van der Waals surface area contributed by atoms with Gasteiger partial charge in [-0.15, -0.1) is 0 Å². The van der Waals surface area contributed by atoms with E-state index in [9.17, 15) is 24.0 Å². The lowest BCUT2D eigenvalue weighted by Gasteiger charge is -2.37. The summed E-state index contributed by atoms with van der Waals surface area (Å²) in [6.07, 6.45) is 36.3. The fourth-order valence-electron chi connectivity index (χ4n) is 8.08. The molecule has 0 radical (unpaired) electrons. The van der Waals surface area contributed by atoms with Gasteiger partial charge in [-0.2, -0.15) is 0 Å². The average Bonchev–Trinajstić information content (AvgIpc) is 3.34. The summed E-state index contributed by atoms with van der Waals surface area (Å²) in [5.41, 5.74) is 0. The molecule has 1 N–H and O–H groups in total. The predicted molar refractivity (Wildman–Crippen MR) is 280 cm³/mol. The summed E-state index contributed by atoms with van der Waals surface area (Å²) >= 11 is 0. The first-order valence-corrected chi connectivity index (χ1v) is 28.4. The summed E-state index contributed by atoms with van der Waals surface area (Å²) < 4.78 is 38.7. The molecule has 0 aromatic heterocycles. The summed E-state index contributed by atoms with van der Waals surface area (Å²) in [6, 6.07) is 0.487. The van der Waals surface area contributed by atoms with Gasteiger partial charge in [0.05, 0.1) is 45.6 Å². The second kappa shape index (κ2) is 48.8. The van der Waals surface area contributed by atoms with Gasteiger partial charge in [0, 0.05) is 50.7 Å². The van der Waals surface area contributed by atoms with Crippen molar-refractivity contribution in [3.05, 3.63) is 24.3 Å². The first kappa shape index (κ1) is 65.5. The van der Waals surface area contributed by atoms with Gasteiger partial charge in [-0.25, -0.2) is 4.79 Å². The van der Waals surface area contributed by atoms with Gasteiger partial charge in [-0.05, 0) is 83.5 Å². The molecular weight excluding hydrogens is 907 g/mol. The summed E-state index contributed by atoms with van der Waals surface area (Å²) in [6.45, 7) is 8.79. The Labute approximate surface area is 430 Å². The van der Waals surface area contributed by atoms with Crippen molar-refractivity contribution in [1.29, 1.82) is 0 Å². The zero-order chi connectivity index (χ0) is 51.7. The van der Waals surface area contributed by atoms with Crippen LogP contribution in [0.3, 0.4) is 0 Å². The lowest BCUT2D eigenvalue weighted by molar-refractivity contribution is -0.152. The number of allylic oxidation sites excluding steroid dienone is 4. The number of hydrogen-bond donors (Lipinski definition) is 1. The summed E-state index contributed by atoms with van der Waals surface area (Å²) in [7, 11) is 0. The molecule has 0 saturated heterocycles. The number of carbonyl (C=O) groups excluding carboxylic acids is 5. The van der Waals surface area contributed by atoms with Crippen LogP contribution in [-0.2, 0) is 52.3 Å². The number of hydrogen-bond acceptors (Lipinski definition) is 14. The highest BCUT2D eigenvalue weighted by molar-refractivity contribution is 5.70. The van der Waals surface area contributed by atoms with Crippen molar-refractivity contribution in [3.63, 3.8) is 0 Å². The molecule has 0 aliphatic heterocycles. The van der Waals surface area contributed by atoms with E-state index >= 15 is 0 Å². The molecule has 71 heavy (non-hydrogen) atoms. The van der Waals surface area contributed by atoms with Gasteiger partial charge in [0.2, 0.25) is 0 Å². The van der Waals surface area contributed by atoms with Crippen LogP contribution in [0.4, 0.5) is 4.79 Å². The number of aliphatic hydroxyl groups is 1. The first-order chi connectivity index (χ1) is 34.7. The van der Waals surface area contributed by atoms with Gasteiger partial charge in [-0.1, -0.05) is 135 Å². The lowest BCUT2D eigenvalue weighted by atomic mass is 9.91. The molecule has 412 valence electrons. The van der Waals surface area contributed by atoms with Crippen LogP contribution in [0.1, 0.15) is 220 Å². The first-order valence-electron chi connectivity index (χ1n) is 28.4. The van der Waals surface area contributed by atoms with E-state index in [-0.39, 0.29) is 82.9 Å². The standard InChI is InChI=1S/C57H101NO13/c1-4-7-10-13-14-15-16-17-18-19-20-21-22-25-28-37-55(62)69-47-51(49-71-57(64)66-42-31-39-58(52-33-30-34-52)40-43-65-44-41-59)48-70-56(63)38-29-32-50(45-67-53(60)35-26-23-11-8-5-2)46-68-54(61)36-27-24-12-9-6-3/h14-15,17-18,50-52,59H,4-13,16,19-49H2,1-3H3/b15-14-,18-17-. The van der Waals surface area contributed by atoms with Crippen molar-refractivity contribution in [2.24, 2.45) is 11.8 Å². The molecule has 0 spiro atoms. The zero-order valence-electron chi connectivity index (χ0n) is 45.0. The highest BCUT2D eigenvalue weighted by atomic mass is 16.7. The molecule has 14 nitrogen and oxygen atoms in total. The Bertz CT molecular complexity index is 1340. The number of carbonyl (C=O) groups is 5. The SMILES string of the molecule is CCCCC/C=C\C/C=C\CCCCCCCC(=O)OCC(COC(=O)CCCC(COC(=O)CCCCCCC)COC(=O)CCCCCCC)COC(=O)OCCCN(CCOCCO)C1CCC1. The summed E-state index contributed by atoms with van der Waals surface area (Å²) in [5.74, 6) is -2.25. The number of rotatable bonds is 50. The second-order valence-corrected chi connectivity index (χ2v) is 19.4. The van der Waals surface area contributed by atoms with Crippen LogP contribution in [-0.4, -0.2) is 119 Å². The Balaban J connectivity index is 2.67. The fraction of sp³-hybridized carbons (Fsp3) is 0.842. The minimum atomic E-state index is -0.848. The normalized spacial score (nSPS) is 13.2. The van der Waals surface area contributed by atoms with E-state index < -0.39 is 18.0 Å². The van der Waals surface area contributed by atoms with Crippen molar-refractivity contribution in [1.82, 2.24) is 4.90 Å². The van der Waals surface area contributed by atoms with E-state index in [1.165, 1.54) is 25.7 Å². The van der Waals surface area contributed by atoms with Crippen LogP contribution in [0.2, 0.25) is 0 Å². The van der Waals surface area contributed by atoms with Gasteiger partial charge in [0.15, 0.2) is 0 Å². The van der Waals surface area contributed by atoms with Gasteiger partial charge < -0.3 is 38.3 Å². The summed E-state index contributed by atoms with van der Waals surface area (Å²) in [5, 5.41) is 9.01. The number of ether oxygens (including phenoxy) is 7. The minimum absolute atomic E-state index is 0.0107. The number of nitrogens with zero attached hydrogens (tertiary/aromatic N) is 1. The lowest BCUT2D eigenvalue weighted by Crippen LogP contribution is -2.43. The average molecular weight is 1010 g/mol. The number of esters is 4. The van der Waals surface area contributed by atoms with Crippen molar-refractivity contribution < 1.29 is 62.2 Å². The van der Waals surface area contributed by atoms with Crippen LogP contribution in [0.5, 0.6) is 0 Å². The number of aliphatic hydroxyl groups excluding tert-OH is 1. The van der Waals surface area contributed by atoms with E-state index in [0.717, 1.165) is 135 Å². The maximum absolute atomic E-state index is 13.0. The van der Waals surface area contributed by atoms with Crippen LogP contribution < -0.4 is 0 Å². The molecular formula is C57H101NO13. The van der Waals surface area contributed by atoms with Crippen LogP contribution in [0.25, 0.3) is 0 Å². The fourth-order valence-corrected chi connectivity index (χ4v) is 8.08. The molecule has 0 aromatic carbocycles. The van der Waals surface area contributed by atoms with E-state index in [0.29, 0.717) is 57.8 Å². The van der Waals surface area contributed by atoms with E-state index in [1.54, 1.807) is 0 Å². The van der Waals surface area contributed by atoms with E-state index in [4.69, 9.17) is 38.3 Å². The third-order valence-corrected chi connectivity index (χ3v) is 12.8. The van der Waals surface area contributed by atoms with Crippen LogP contribution in [0.15, 0.2) is 24.3 Å². The highest BCUT2D eigenvalue weighted by Crippen LogP contribution is 2.25. The second-order valence-electron chi connectivity index (χ2n) is 19.4. The molecule has 1 aliphatic carbocycles. The Morgan fingerprint density at radius 1 is 0.479 bits per heavy atom. The molecule has 1 fully saturated rings. The molecule has 1 atom stereocenters. The topological polar surface area (TPSA) is 173 Å². The Kier molecular flexibility index (Phi) is 45.0. The molecule has 0 heterocycles. The molecule has 1 aliphatic rings. The van der Waals surface area contributed by atoms with E-state index in [2.05, 4.69) is 50.0 Å². The molecule has 0 amide bonds. The zero-order valence-corrected chi connectivity index (χ0v) is 45.0. The van der Waals surface area contributed by atoms with E-state index in [1.807, 2.05) is 0 Å². The van der Waals surface area contributed by atoms with Gasteiger partial charge in [0.25, 0.3) is 0 Å². The Morgan fingerprint density at radius 3 is 1.44 bits per heavy atom. The molecule has 0 bridgehead atoms. The molecule has 1 saturated carbocycles. The molecule has 1 unspecified atom stereocenters. The number of unbranched alkanes of at least 4 members (excludes halogenated alkanes) is 16. The molecule has 0 aromatic rings. The van der Waals surface area contributed by atoms with Crippen LogP contribution >= 0.6 is 0 Å². The third-order valence-electron chi connectivity index (χ3n) is 12.8. The maximum Gasteiger partial charge on any atom is 0.508 e. The van der Waals surface area contributed by atoms with Gasteiger partial charge in [-0.3, -0.25) is 24.1 Å². The van der Waals surface area contributed by atoms with Crippen molar-refractivity contribution >= 4 is 30.0 Å². The molecule has 1 rings (SSSR count). The third kappa shape index (κ3) is 41.7. The van der Waals surface area contributed by atoms with Gasteiger partial charge >= 0.3 is 30.0 Å². The summed E-state index contributed by atoms with van der Waals surface area (Å²) in [4.78, 5) is 65.8. The maximum atomic E-state index is 13.0. The largest absolute Gasteiger partial charge is 0.508 e. The van der Waals surface area contributed by atoms with Gasteiger partial charge in [0.1, 0.15) is 19.8 Å². The van der Waals surface area contributed by atoms with Crippen LogP contribution in [0, 0.1) is 11.8 Å². The monoisotopic (exact) mass is 1010 g/mol. The minimum Gasteiger partial charge on any atom is -0.465 e. The molecule has 14 heteroatoms. The smallest absolute Gasteiger partial charge is 0.465 e. The quantitative estimate of drug-likeness (QED) is 0.0264.